The minimum Gasteiger partial charge on any atom is -0.495 e. The topological polar surface area (TPSA) is 47.7 Å². The summed E-state index contributed by atoms with van der Waals surface area (Å²) < 4.78 is 10.7. The van der Waals surface area contributed by atoms with Gasteiger partial charge in [0.1, 0.15) is 5.75 Å². The first-order chi connectivity index (χ1) is 8.24. The van der Waals surface area contributed by atoms with Gasteiger partial charge in [0.05, 0.1) is 24.8 Å². The lowest BCUT2D eigenvalue weighted by Crippen LogP contribution is -2.45. The number of halogens is 1. The van der Waals surface area contributed by atoms with Crippen LogP contribution in [0, 0.1) is 0 Å². The maximum atomic E-state index is 6.11. The first kappa shape index (κ1) is 12.5. The van der Waals surface area contributed by atoms with E-state index in [9.17, 15) is 0 Å². The second kappa shape index (κ2) is 5.58. The van der Waals surface area contributed by atoms with Gasteiger partial charge in [0.25, 0.3) is 0 Å². The van der Waals surface area contributed by atoms with Gasteiger partial charge in [-0.15, -0.1) is 0 Å². The van der Waals surface area contributed by atoms with Crippen LogP contribution in [-0.4, -0.2) is 39.5 Å². The zero-order chi connectivity index (χ0) is 12.3. The third-order valence-corrected chi connectivity index (χ3v) is 3.20. The van der Waals surface area contributed by atoms with E-state index in [0.717, 1.165) is 18.8 Å². The van der Waals surface area contributed by atoms with Crippen molar-refractivity contribution in [1.29, 1.82) is 0 Å². The van der Waals surface area contributed by atoms with Crippen molar-refractivity contribution >= 4 is 17.3 Å². The molecular weight excluding hydrogens is 240 g/mol. The van der Waals surface area contributed by atoms with Crippen LogP contribution < -0.4 is 15.4 Å². The molecule has 1 unspecified atom stereocenters. The van der Waals surface area contributed by atoms with Crippen LogP contribution >= 0.6 is 11.6 Å². The highest BCUT2D eigenvalue weighted by Gasteiger charge is 2.19. The van der Waals surface area contributed by atoms with Crippen molar-refractivity contribution in [2.24, 2.45) is 5.73 Å². The van der Waals surface area contributed by atoms with Gasteiger partial charge >= 0.3 is 0 Å². The number of hydrogen-bond donors (Lipinski definition) is 1. The smallest absolute Gasteiger partial charge is 0.137 e. The maximum Gasteiger partial charge on any atom is 0.137 e. The van der Waals surface area contributed by atoms with E-state index in [4.69, 9.17) is 26.8 Å². The van der Waals surface area contributed by atoms with Crippen LogP contribution in [0.25, 0.3) is 0 Å². The summed E-state index contributed by atoms with van der Waals surface area (Å²) in [7, 11) is 1.61. The van der Waals surface area contributed by atoms with E-state index in [1.165, 1.54) is 0 Å². The molecule has 1 heterocycles. The third-order valence-electron chi connectivity index (χ3n) is 2.90. The van der Waals surface area contributed by atoms with E-state index in [1.54, 1.807) is 7.11 Å². The minimum absolute atomic E-state index is 0.102. The monoisotopic (exact) mass is 256 g/mol. The average molecular weight is 257 g/mol. The Morgan fingerprint density at radius 2 is 2.41 bits per heavy atom. The Kier molecular flexibility index (Phi) is 4.10. The highest BCUT2D eigenvalue weighted by atomic mass is 35.5. The normalized spacial score (nSPS) is 20.4. The van der Waals surface area contributed by atoms with E-state index in [0.29, 0.717) is 23.9 Å². The Morgan fingerprint density at radius 3 is 3.06 bits per heavy atom. The van der Waals surface area contributed by atoms with E-state index in [1.807, 2.05) is 18.2 Å². The lowest BCUT2D eigenvalue weighted by Gasteiger charge is -2.34. The highest BCUT2D eigenvalue weighted by Crippen LogP contribution is 2.29. The molecule has 17 heavy (non-hydrogen) atoms. The molecule has 0 amide bonds. The molecule has 0 spiro atoms. The van der Waals surface area contributed by atoms with Crippen molar-refractivity contribution in [1.82, 2.24) is 0 Å². The summed E-state index contributed by atoms with van der Waals surface area (Å²) in [6.07, 6.45) is 0.102. The molecule has 5 heteroatoms. The molecule has 2 N–H and O–H groups in total. The number of benzene rings is 1. The van der Waals surface area contributed by atoms with Gasteiger partial charge in [0, 0.05) is 25.3 Å². The molecule has 0 saturated carbocycles. The van der Waals surface area contributed by atoms with Crippen LogP contribution in [0.2, 0.25) is 5.02 Å². The maximum absolute atomic E-state index is 6.11. The number of nitrogens with zero attached hydrogens (tertiary/aromatic N) is 1. The number of rotatable bonds is 3. The standard InChI is InChI=1S/C12H17ClN2O2/c1-16-12-3-2-9(6-11(12)13)15-4-5-17-10(7-14)8-15/h2-3,6,10H,4-5,7-8,14H2,1H3. The Balaban J connectivity index is 2.13. The largest absolute Gasteiger partial charge is 0.495 e. The molecule has 1 aliphatic rings. The van der Waals surface area contributed by atoms with Crippen molar-refractivity contribution in [3.05, 3.63) is 23.2 Å². The SMILES string of the molecule is COc1ccc(N2CCOC(CN)C2)cc1Cl. The van der Waals surface area contributed by atoms with Gasteiger partial charge in [-0.1, -0.05) is 11.6 Å². The molecule has 0 aliphatic carbocycles. The fourth-order valence-electron chi connectivity index (χ4n) is 1.95. The molecule has 2 rings (SSSR count). The summed E-state index contributed by atoms with van der Waals surface area (Å²) in [5.41, 5.74) is 6.70. The van der Waals surface area contributed by atoms with Crippen LogP contribution in [0.15, 0.2) is 18.2 Å². The first-order valence-corrected chi connectivity index (χ1v) is 6.02. The Bertz CT molecular complexity index is 387. The highest BCUT2D eigenvalue weighted by molar-refractivity contribution is 6.32. The molecule has 4 nitrogen and oxygen atoms in total. The molecule has 1 atom stereocenters. The molecule has 94 valence electrons. The van der Waals surface area contributed by atoms with Crippen molar-refractivity contribution in [3.63, 3.8) is 0 Å². The van der Waals surface area contributed by atoms with Gasteiger partial charge < -0.3 is 20.1 Å². The van der Waals surface area contributed by atoms with E-state index < -0.39 is 0 Å². The van der Waals surface area contributed by atoms with Crippen LogP contribution in [0.5, 0.6) is 5.75 Å². The number of methoxy groups -OCH3 is 1. The van der Waals surface area contributed by atoms with Gasteiger partial charge in [0.15, 0.2) is 0 Å². The number of nitrogens with two attached hydrogens (primary N) is 1. The number of morpholine rings is 1. The van der Waals surface area contributed by atoms with Crippen LogP contribution in [-0.2, 0) is 4.74 Å². The predicted octanol–water partition coefficient (Wildman–Crippen LogP) is 1.51. The van der Waals surface area contributed by atoms with Crippen molar-refractivity contribution in [3.8, 4) is 5.75 Å². The number of ether oxygens (including phenoxy) is 2. The Morgan fingerprint density at radius 1 is 1.59 bits per heavy atom. The summed E-state index contributed by atoms with van der Waals surface area (Å²) in [4.78, 5) is 2.23. The second-order valence-electron chi connectivity index (χ2n) is 3.99. The summed E-state index contributed by atoms with van der Waals surface area (Å²) in [6.45, 7) is 2.91. The van der Waals surface area contributed by atoms with Crippen LogP contribution in [0.4, 0.5) is 5.69 Å². The summed E-state index contributed by atoms with van der Waals surface area (Å²) in [6, 6.07) is 5.80. The van der Waals surface area contributed by atoms with Gasteiger partial charge in [-0.3, -0.25) is 0 Å². The lowest BCUT2D eigenvalue weighted by molar-refractivity contribution is 0.0466. The zero-order valence-electron chi connectivity index (χ0n) is 9.86. The molecule has 1 aliphatic heterocycles. The fraction of sp³-hybridized carbons (Fsp3) is 0.500. The van der Waals surface area contributed by atoms with Crippen LogP contribution in [0.1, 0.15) is 0 Å². The van der Waals surface area contributed by atoms with Crippen molar-refractivity contribution < 1.29 is 9.47 Å². The third kappa shape index (κ3) is 2.83. The number of hydrogen-bond acceptors (Lipinski definition) is 4. The van der Waals surface area contributed by atoms with Gasteiger partial charge in [-0.25, -0.2) is 0 Å². The summed E-state index contributed by atoms with van der Waals surface area (Å²) >= 11 is 6.11. The molecular formula is C12H17ClN2O2. The van der Waals surface area contributed by atoms with E-state index >= 15 is 0 Å². The Hall–Kier alpha value is -0.970. The second-order valence-corrected chi connectivity index (χ2v) is 4.40. The predicted molar refractivity (Wildman–Crippen MR) is 69.0 cm³/mol. The molecule has 0 bridgehead atoms. The van der Waals surface area contributed by atoms with Crippen molar-refractivity contribution in [2.45, 2.75) is 6.10 Å². The zero-order valence-corrected chi connectivity index (χ0v) is 10.6. The van der Waals surface area contributed by atoms with Gasteiger partial charge in [-0.05, 0) is 18.2 Å². The van der Waals surface area contributed by atoms with Gasteiger partial charge in [-0.2, -0.15) is 0 Å². The van der Waals surface area contributed by atoms with E-state index in [2.05, 4.69) is 4.90 Å². The van der Waals surface area contributed by atoms with Gasteiger partial charge in [0.2, 0.25) is 0 Å². The molecule has 0 radical (unpaired) electrons. The van der Waals surface area contributed by atoms with Crippen LogP contribution in [0.3, 0.4) is 0 Å². The molecule has 0 aromatic heterocycles. The first-order valence-electron chi connectivity index (χ1n) is 5.64. The number of anilines is 1. The molecule has 1 aromatic carbocycles. The summed E-state index contributed by atoms with van der Waals surface area (Å²) in [5, 5.41) is 0.626. The average Bonchev–Trinajstić information content (AvgIpc) is 2.38. The quantitative estimate of drug-likeness (QED) is 0.891. The van der Waals surface area contributed by atoms with E-state index in [-0.39, 0.29) is 6.10 Å². The molecule has 1 aromatic rings. The molecule has 1 fully saturated rings. The lowest BCUT2D eigenvalue weighted by atomic mass is 10.2. The summed E-state index contributed by atoms with van der Waals surface area (Å²) in [5.74, 6) is 0.694. The van der Waals surface area contributed by atoms with Crippen molar-refractivity contribution in [2.75, 3.05) is 38.3 Å². The Labute approximate surface area is 106 Å². The molecule has 1 saturated heterocycles. The fourth-order valence-corrected chi connectivity index (χ4v) is 2.20. The minimum atomic E-state index is 0.102.